The van der Waals surface area contributed by atoms with E-state index in [-0.39, 0.29) is 12.0 Å². The molecule has 3 nitrogen and oxygen atoms in total. The minimum absolute atomic E-state index is 0.166. The van der Waals surface area contributed by atoms with Gasteiger partial charge in [0.15, 0.2) is 0 Å². The average Bonchev–Trinajstić information content (AvgIpc) is 2.26. The largest absolute Gasteiger partial charge is 0.481 e. The van der Waals surface area contributed by atoms with Crippen LogP contribution in [-0.4, -0.2) is 35.1 Å². The average molecular weight is 246 g/mol. The van der Waals surface area contributed by atoms with Crippen molar-refractivity contribution in [2.24, 2.45) is 0 Å². The minimum atomic E-state index is -0.705. The number of carbonyl (C=O) groups is 1. The second-order valence-corrected chi connectivity index (χ2v) is 4.85. The Kier molecular flexibility index (Phi) is 5.29. The number of carboxylic acid groups (broad SMARTS) is 1. The summed E-state index contributed by atoms with van der Waals surface area (Å²) in [4.78, 5) is 13.1. The van der Waals surface area contributed by atoms with Crippen LogP contribution in [0.25, 0.3) is 0 Å². The van der Waals surface area contributed by atoms with Crippen LogP contribution in [0.15, 0.2) is 11.6 Å². The molecule has 1 saturated carbocycles. The van der Waals surface area contributed by atoms with Crippen LogP contribution in [0.4, 0.5) is 0 Å². The van der Waals surface area contributed by atoms with Gasteiger partial charge in [-0.25, -0.2) is 0 Å². The number of rotatable bonds is 5. The number of aliphatic carboxylic acids is 1. The summed E-state index contributed by atoms with van der Waals surface area (Å²) in [5.74, 6) is -0.705. The van der Waals surface area contributed by atoms with Gasteiger partial charge in [0.05, 0.1) is 6.42 Å². The second-order valence-electron chi connectivity index (χ2n) is 4.60. The zero-order valence-corrected chi connectivity index (χ0v) is 10.5. The van der Waals surface area contributed by atoms with Crippen molar-refractivity contribution in [2.75, 3.05) is 13.6 Å². The highest BCUT2D eigenvalue weighted by atomic mass is 35.5. The van der Waals surface area contributed by atoms with Crippen molar-refractivity contribution >= 4 is 17.6 Å². The van der Waals surface area contributed by atoms with Crippen LogP contribution in [0.3, 0.4) is 0 Å². The van der Waals surface area contributed by atoms with Gasteiger partial charge >= 0.3 is 5.97 Å². The molecule has 1 fully saturated rings. The van der Waals surface area contributed by atoms with Crippen molar-refractivity contribution < 1.29 is 9.90 Å². The molecule has 0 amide bonds. The van der Waals surface area contributed by atoms with Gasteiger partial charge in [-0.05, 0) is 19.9 Å². The maximum atomic E-state index is 11.0. The highest BCUT2D eigenvalue weighted by Gasteiger charge is 2.37. The lowest BCUT2D eigenvalue weighted by Gasteiger charge is -2.43. The van der Waals surface area contributed by atoms with E-state index in [0.29, 0.717) is 0 Å². The van der Waals surface area contributed by atoms with Gasteiger partial charge in [0.25, 0.3) is 0 Å². The van der Waals surface area contributed by atoms with Crippen molar-refractivity contribution in [1.29, 1.82) is 0 Å². The standard InChI is InChI=1S/C12H20ClNO2/c1-14(9-5-8-13)12(10-11(15)16)6-3-2-4-7-12/h5,8H,2-4,6-7,9-10H2,1H3,(H,15,16). The third-order valence-corrected chi connectivity index (χ3v) is 3.72. The lowest BCUT2D eigenvalue weighted by atomic mass is 9.78. The molecular formula is C12H20ClNO2. The number of carboxylic acids is 1. The van der Waals surface area contributed by atoms with Gasteiger partial charge in [0.2, 0.25) is 0 Å². The number of likely N-dealkylation sites (N-methyl/N-ethyl adjacent to an activating group) is 1. The van der Waals surface area contributed by atoms with E-state index < -0.39 is 5.97 Å². The van der Waals surface area contributed by atoms with Crippen LogP contribution in [0, 0.1) is 0 Å². The third-order valence-electron chi connectivity index (χ3n) is 3.54. The molecule has 1 rings (SSSR count). The lowest BCUT2D eigenvalue weighted by molar-refractivity contribution is -0.140. The van der Waals surface area contributed by atoms with Crippen molar-refractivity contribution in [2.45, 2.75) is 44.1 Å². The summed E-state index contributed by atoms with van der Waals surface area (Å²) in [6.07, 6.45) is 7.53. The van der Waals surface area contributed by atoms with E-state index in [0.717, 1.165) is 32.2 Å². The third kappa shape index (κ3) is 3.49. The molecule has 92 valence electrons. The molecular weight excluding hydrogens is 226 g/mol. The zero-order chi connectivity index (χ0) is 12.0. The van der Waals surface area contributed by atoms with Crippen molar-refractivity contribution in [3.63, 3.8) is 0 Å². The molecule has 0 aromatic heterocycles. The number of hydrogen-bond donors (Lipinski definition) is 1. The Hall–Kier alpha value is -0.540. The van der Waals surface area contributed by atoms with Crippen molar-refractivity contribution in [3.05, 3.63) is 11.6 Å². The van der Waals surface area contributed by atoms with Gasteiger partial charge in [0.1, 0.15) is 0 Å². The Morgan fingerprint density at radius 1 is 1.44 bits per heavy atom. The smallest absolute Gasteiger partial charge is 0.305 e. The van der Waals surface area contributed by atoms with E-state index in [4.69, 9.17) is 16.7 Å². The van der Waals surface area contributed by atoms with E-state index >= 15 is 0 Å². The quantitative estimate of drug-likeness (QED) is 0.810. The molecule has 0 bridgehead atoms. The van der Waals surface area contributed by atoms with Crippen LogP contribution in [0.1, 0.15) is 38.5 Å². The first-order valence-electron chi connectivity index (χ1n) is 5.79. The van der Waals surface area contributed by atoms with E-state index in [9.17, 15) is 4.79 Å². The summed E-state index contributed by atoms with van der Waals surface area (Å²) >= 11 is 5.51. The molecule has 1 N–H and O–H groups in total. The summed E-state index contributed by atoms with van der Waals surface area (Å²) in [5, 5.41) is 9.03. The number of halogens is 1. The van der Waals surface area contributed by atoms with Gasteiger partial charge in [-0.3, -0.25) is 9.69 Å². The molecule has 0 unspecified atom stereocenters. The first kappa shape index (κ1) is 13.5. The summed E-state index contributed by atoms with van der Waals surface area (Å²) < 4.78 is 0. The topological polar surface area (TPSA) is 40.5 Å². The zero-order valence-electron chi connectivity index (χ0n) is 9.79. The summed E-state index contributed by atoms with van der Waals surface area (Å²) in [5.41, 5.74) is 1.33. The van der Waals surface area contributed by atoms with Crippen LogP contribution in [0.2, 0.25) is 0 Å². The number of nitrogens with zero attached hydrogens (tertiary/aromatic N) is 1. The Labute approximate surface area is 102 Å². The number of hydrogen-bond acceptors (Lipinski definition) is 2. The molecule has 0 heterocycles. The molecule has 0 atom stereocenters. The molecule has 0 aliphatic heterocycles. The summed E-state index contributed by atoms with van der Waals surface area (Å²) in [7, 11) is 1.99. The lowest BCUT2D eigenvalue weighted by Crippen LogP contribution is -2.49. The van der Waals surface area contributed by atoms with Gasteiger partial charge in [-0.15, -0.1) is 0 Å². The van der Waals surface area contributed by atoms with Crippen molar-refractivity contribution in [3.8, 4) is 0 Å². The summed E-state index contributed by atoms with van der Waals surface area (Å²) in [6, 6.07) is 0. The molecule has 16 heavy (non-hydrogen) atoms. The maximum absolute atomic E-state index is 11.0. The van der Waals surface area contributed by atoms with Gasteiger partial charge in [-0.1, -0.05) is 36.9 Å². The molecule has 0 saturated heterocycles. The Morgan fingerprint density at radius 2 is 2.06 bits per heavy atom. The molecule has 0 aromatic carbocycles. The van der Waals surface area contributed by atoms with E-state index in [1.165, 1.54) is 12.0 Å². The predicted octanol–water partition coefficient (Wildman–Crippen LogP) is 2.85. The predicted molar refractivity (Wildman–Crippen MR) is 65.7 cm³/mol. The summed E-state index contributed by atoms with van der Waals surface area (Å²) in [6.45, 7) is 0.719. The molecule has 0 spiro atoms. The Balaban J connectivity index is 2.71. The normalized spacial score (nSPS) is 20.4. The SMILES string of the molecule is CN(CC=CCl)C1(CC(=O)O)CCCCC1. The molecule has 0 aromatic rings. The molecule has 0 radical (unpaired) electrons. The van der Waals surface area contributed by atoms with E-state index in [1.54, 1.807) is 0 Å². The fourth-order valence-corrected chi connectivity index (χ4v) is 2.66. The molecule has 4 heteroatoms. The Morgan fingerprint density at radius 3 is 2.56 bits per heavy atom. The monoisotopic (exact) mass is 245 g/mol. The maximum Gasteiger partial charge on any atom is 0.305 e. The fraction of sp³-hybridized carbons (Fsp3) is 0.750. The Bertz CT molecular complexity index is 260. The molecule has 1 aliphatic carbocycles. The highest BCUT2D eigenvalue weighted by Crippen LogP contribution is 2.35. The van der Waals surface area contributed by atoms with Crippen molar-refractivity contribution in [1.82, 2.24) is 4.90 Å². The van der Waals surface area contributed by atoms with Crippen LogP contribution in [0.5, 0.6) is 0 Å². The van der Waals surface area contributed by atoms with E-state index in [2.05, 4.69) is 4.90 Å². The van der Waals surface area contributed by atoms with E-state index in [1.807, 2.05) is 13.1 Å². The fourth-order valence-electron chi connectivity index (χ4n) is 2.58. The van der Waals surface area contributed by atoms with Gasteiger partial charge in [-0.2, -0.15) is 0 Å². The van der Waals surface area contributed by atoms with Gasteiger partial charge in [0, 0.05) is 17.6 Å². The van der Waals surface area contributed by atoms with Crippen LogP contribution < -0.4 is 0 Å². The minimum Gasteiger partial charge on any atom is -0.481 e. The highest BCUT2D eigenvalue weighted by molar-refractivity contribution is 6.25. The first-order chi connectivity index (χ1) is 7.60. The first-order valence-corrected chi connectivity index (χ1v) is 6.23. The van der Waals surface area contributed by atoms with Crippen LogP contribution >= 0.6 is 11.6 Å². The van der Waals surface area contributed by atoms with Gasteiger partial charge < -0.3 is 5.11 Å². The van der Waals surface area contributed by atoms with Crippen LogP contribution in [-0.2, 0) is 4.79 Å². The second kappa shape index (κ2) is 6.26. The molecule has 1 aliphatic rings.